The summed E-state index contributed by atoms with van der Waals surface area (Å²) in [5.41, 5.74) is 1.22. The maximum absolute atomic E-state index is 14.0. The van der Waals surface area contributed by atoms with Crippen molar-refractivity contribution in [3.63, 3.8) is 0 Å². The fourth-order valence-electron chi connectivity index (χ4n) is 3.00. The van der Waals surface area contributed by atoms with Crippen LogP contribution in [0.25, 0.3) is 11.3 Å². The van der Waals surface area contributed by atoms with Gasteiger partial charge in [-0.3, -0.25) is 0 Å². The number of benzene rings is 1. The van der Waals surface area contributed by atoms with Crippen LogP contribution in [0.1, 0.15) is 32.2 Å². The molecule has 0 bridgehead atoms. The Morgan fingerprint density at radius 2 is 2.15 bits per heavy atom. The summed E-state index contributed by atoms with van der Waals surface area (Å²) in [6.45, 7) is 3.31. The lowest BCUT2D eigenvalue weighted by molar-refractivity contribution is 0.00220. The molecule has 0 spiro atoms. The van der Waals surface area contributed by atoms with E-state index >= 15 is 0 Å². The third-order valence-electron chi connectivity index (χ3n) is 4.85. The Balaban J connectivity index is 1.36. The van der Waals surface area contributed by atoms with Gasteiger partial charge >= 0.3 is 6.09 Å². The fraction of sp³-hybridized carbons (Fsp3) is 0.500. The van der Waals surface area contributed by atoms with Crippen molar-refractivity contribution in [3.8, 4) is 17.0 Å². The number of nitrogens with zero attached hydrogens (tertiary/aromatic N) is 4. The van der Waals surface area contributed by atoms with Crippen molar-refractivity contribution in [1.82, 2.24) is 19.9 Å². The van der Waals surface area contributed by atoms with Crippen molar-refractivity contribution >= 4 is 6.09 Å². The van der Waals surface area contributed by atoms with E-state index in [1.54, 1.807) is 27.9 Å². The van der Waals surface area contributed by atoms with Gasteiger partial charge in [-0.2, -0.15) is 0 Å². The Kier molecular flexibility index (Phi) is 4.48. The molecule has 1 saturated heterocycles. The van der Waals surface area contributed by atoms with E-state index in [4.69, 9.17) is 9.47 Å². The van der Waals surface area contributed by atoms with Crippen LogP contribution in [-0.2, 0) is 4.74 Å². The van der Waals surface area contributed by atoms with Crippen LogP contribution in [0.3, 0.4) is 0 Å². The SMILES string of the molecule is CCOc1ccc(-c2cn(C3CN(C(=O)OC4CCC4)C3)nn2)cc1F. The molecule has 0 unspecified atom stereocenters. The second-order valence-corrected chi connectivity index (χ2v) is 6.66. The average molecular weight is 360 g/mol. The zero-order chi connectivity index (χ0) is 18.1. The van der Waals surface area contributed by atoms with Gasteiger partial charge in [0.2, 0.25) is 0 Å². The van der Waals surface area contributed by atoms with Gasteiger partial charge in [-0.05, 0) is 44.4 Å². The van der Waals surface area contributed by atoms with Crippen molar-refractivity contribution in [1.29, 1.82) is 0 Å². The molecular formula is C18H21FN4O3. The van der Waals surface area contributed by atoms with Crippen LogP contribution in [0.5, 0.6) is 5.75 Å². The van der Waals surface area contributed by atoms with Crippen LogP contribution in [0.15, 0.2) is 24.4 Å². The van der Waals surface area contributed by atoms with Gasteiger partial charge in [0.05, 0.1) is 18.8 Å². The molecule has 26 heavy (non-hydrogen) atoms. The molecule has 0 radical (unpaired) electrons. The van der Waals surface area contributed by atoms with E-state index in [-0.39, 0.29) is 24.0 Å². The van der Waals surface area contributed by atoms with Gasteiger partial charge in [0, 0.05) is 18.7 Å². The Hall–Kier alpha value is -2.64. The predicted molar refractivity (Wildman–Crippen MR) is 91.3 cm³/mol. The van der Waals surface area contributed by atoms with Crippen molar-refractivity contribution < 1.29 is 18.7 Å². The van der Waals surface area contributed by atoms with Gasteiger partial charge < -0.3 is 14.4 Å². The maximum atomic E-state index is 14.0. The van der Waals surface area contributed by atoms with Crippen molar-refractivity contribution in [2.75, 3.05) is 19.7 Å². The molecule has 2 fully saturated rings. The van der Waals surface area contributed by atoms with Crippen LogP contribution in [0.2, 0.25) is 0 Å². The van der Waals surface area contributed by atoms with Crippen LogP contribution in [-0.4, -0.2) is 51.8 Å². The van der Waals surface area contributed by atoms with E-state index in [0.29, 0.717) is 31.0 Å². The number of hydrogen-bond acceptors (Lipinski definition) is 5. The smallest absolute Gasteiger partial charge is 0.410 e. The highest BCUT2D eigenvalue weighted by atomic mass is 19.1. The number of carbonyl (C=O) groups is 1. The number of aromatic nitrogens is 3. The summed E-state index contributed by atoms with van der Waals surface area (Å²) in [6.07, 6.45) is 4.68. The van der Waals surface area contributed by atoms with Crippen molar-refractivity contribution in [3.05, 3.63) is 30.2 Å². The molecule has 1 aromatic carbocycles. The topological polar surface area (TPSA) is 69.5 Å². The van der Waals surface area contributed by atoms with Gasteiger partial charge in [-0.1, -0.05) is 5.21 Å². The van der Waals surface area contributed by atoms with Gasteiger partial charge in [-0.15, -0.1) is 5.10 Å². The zero-order valence-corrected chi connectivity index (χ0v) is 14.6. The summed E-state index contributed by atoms with van der Waals surface area (Å²) < 4.78 is 26.3. The molecule has 2 aromatic rings. The molecular weight excluding hydrogens is 339 g/mol. The fourth-order valence-corrected chi connectivity index (χ4v) is 3.00. The number of ether oxygens (including phenoxy) is 2. The monoisotopic (exact) mass is 360 g/mol. The number of hydrogen-bond donors (Lipinski definition) is 0. The number of likely N-dealkylation sites (tertiary alicyclic amines) is 1. The number of amides is 1. The minimum absolute atomic E-state index is 0.0673. The van der Waals surface area contributed by atoms with E-state index < -0.39 is 5.82 Å². The molecule has 2 heterocycles. The first-order valence-electron chi connectivity index (χ1n) is 8.94. The molecule has 1 saturated carbocycles. The molecule has 8 heteroatoms. The third kappa shape index (κ3) is 3.23. The van der Waals surface area contributed by atoms with Crippen molar-refractivity contribution in [2.45, 2.75) is 38.3 Å². The zero-order valence-electron chi connectivity index (χ0n) is 14.6. The first-order chi connectivity index (χ1) is 12.6. The summed E-state index contributed by atoms with van der Waals surface area (Å²) in [6, 6.07) is 4.81. The molecule has 0 atom stereocenters. The van der Waals surface area contributed by atoms with Crippen LogP contribution < -0.4 is 4.74 Å². The number of halogens is 1. The van der Waals surface area contributed by atoms with Crippen LogP contribution in [0, 0.1) is 5.82 Å². The second-order valence-electron chi connectivity index (χ2n) is 6.66. The van der Waals surface area contributed by atoms with Gasteiger partial charge in [-0.25, -0.2) is 13.9 Å². The van der Waals surface area contributed by atoms with Crippen LogP contribution >= 0.6 is 0 Å². The third-order valence-corrected chi connectivity index (χ3v) is 4.85. The lowest BCUT2D eigenvalue weighted by atomic mass is 9.96. The highest BCUT2D eigenvalue weighted by molar-refractivity contribution is 5.69. The highest BCUT2D eigenvalue weighted by Gasteiger charge is 2.35. The van der Waals surface area contributed by atoms with E-state index in [2.05, 4.69) is 10.3 Å². The molecule has 4 rings (SSSR count). The normalized spacial score (nSPS) is 17.5. The van der Waals surface area contributed by atoms with Gasteiger partial charge in [0.1, 0.15) is 11.8 Å². The molecule has 1 amide bonds. The predicted octanol–water partition coefficient (Wildman–Crippen LogP) is 3.03. The Bertz CT molecular complexity index is 799. The second kappa shape index (κ2) is 6.93. The minimum Gasteiger partial charge on any atom is -0.491 e. The Morgan fingerprint density at radius 1 is 1.35 bits per heavy atom. The van der Waals surface area contributed by atoms with E-state index in [1.165, 1.54) is 6.07 Å². The van der Waals surface area contributed by atoms with E-state index in [0.717, 1.165) is 19.3 Å². The highest BCUT2D eigenvalue weighted by Crippen LogP contribution is 2.28. The summed E-state index contributed by atoms with van der Waals surface area (Å²) in [4.78, 5) is 13.6. The lowest BCUT2D eigenvalue weighted by Gasteiger charge is -2.39. The largest absolute Gasteiger partial charge is 0.491 e. The van der Waals surface area contributed by atoms with Crippen molar-refractivity contribution in [2.24, 2.45) is 0 Å². The summed E-state index contributed by atoms with van der Waals surface area (Å²) in [5.74, 6) is -0.198. The average Bonchev–Trinajstić information content (AvgIpc) is 3.01. The van der Waals surface area contributed by atoms with E-state index in [1.807, 2.05) is 6.92 Å². The molecule has 1 aliphatic carbocycles. The molecule has 1 aromatic heterocycles. The molecule has 138 valence electrons. The summed E-state index contributed by atoms with van der Waals surface area (Å²) in [7, 11) is 0. The standard InChI is InChI=1S/C18H21FN4O3/c1-2-25-17-7-6-12(8-15(17)19)16-11-23(21-20-16)13-9-22(10-13)18(24)26-14-4-3-5-14/h6-8,11,13-14H,2-5,9-10H2,1H3. The van der Waals surface area contributed by atoms with Crippen LogP contribution in [0.4, 0.5) is 9.18 Å². The lowest BCUT2D eigenvalue weighted by Crippen LogP contribution is -2.52. The first-order valence-corrected chi connectivity index (χ1v) is 8.94. The Morgan fingerprint density at radius 3 is 2.81 bits per heavy atom. The van der Waals surface area contributed by atoms with Gasteiger partial charge in [0.15, 0.2) is 11.6 Å². The quantitative estimate of drug-likeness (QED) is 0.820. The molecule has 2 aliphatic rings. The maximum Gasteiger partial charge on any atom is 0.410 e. The summed E-state index contributed by atoms with van der Waals surface area (Å²) >= 11 is 0. The van der Waals surface area contributed by atoms with Gasteiger partial charge in [0.25, 0.3) is 0 Å². The molecule has 7 nitrogen and oxygen atoms in total. The van der Waals surface area contributed by atoms with E-state index in [9.17, 15) is 9.18 Å². The minimum atomic E-state index is -0.424. The number of rotatable bonds is 5. The molecule has 1 aliphatic heterocycles. The molecule has 0 N–H and O–H groups in total. The number of carbonyl (C=O) groups excluding carboxylic acids is 1. The first kappa shape index (κ1) is 16.8. The summed E-state index contributed by atoms with van der Waals surface area (Å²) in [5, 5.41) is 8.24. The Labute approximate surface area is 150 Å².